The minimum Gasteiger partial charge on any atom is -0.159 e. The van der Waals surface area contributed by atoms with Crippen molar-refractivity contribution in [3.05, 3.63) is 95.1 Å². The Balaban J connectivity index is 1.83. The molecule has 0 saturated carbocycles. The van der Waals surface area contributed by atoms with Gasteiger partial charge in [0.05, 0.1) is 12.4 Å². The Hall–Kier alpha value is -2.74. The Morgan fingerprint density at radius 2 is 1.00 bits per heavy atom. The summed E-state index contributed by atoms with van der Waals surface area (Å²) in [6.07, 6.45) is 16.5. The number of benzene rings is 2. The Morgan fingerprint density at radius 3 is 1.35 bits per heavy atom. The summed E-state index contributed by atoms with van der Waals surface area (Å²) in [6.45, 7) is 4.11. The Kier molecular flexibility index (Phi) is 8.85. The smallest absolute Gasteiger partial charge is 0.0568 e. The lowest BCUT2D eigenvalue weighted by Gasteiger charge is -1.99. The Bertz CT molecular complexity index is 680. The minimum atomic E-state index is 1.07. The molecule has 134 valence electrons. The van der Waals surface area contributed by atoms with Crippen LogP contribution in [0.5, 0.6) is 0 Å². The van der Waals surface area contributed by atoms with Crippen LogP contribution in [-0.2, 0) is 12.8 Å². The Morgan fingerprint density at radius 1 is 0.615 bits per heavy atom. The summed E-state index contributed by atoms with van der Waals surface area (Å²) in [4.78, 5) is 0. The molecule has 0 aliphatic heterocycles. The van der Waals surface area contributed by atoms with Gasteiger partial charge in [0.1, 0.15) is 0 Å². The first-order chi connectivity index (χ1) is 12.8. The fraction of sp³-hybridized carbons (Fsp3) is 0.250. The zero-order valence-corrected chi connectivity index (χ0v) is 15.8. The van der Waals surface area contributed by atoms with Crippen molar-refractivity contribution in [3.8, 4) is 0 Å². The molecule has 0 fully saturated rings. The maximum Gasteiger partial charge on any atom is 0.0568 e. The van der Waals surface area contributed by atoms with Gasteiger partial charge in [-0.15, -0.1) is 0 Å². The maximum absolute atomic E-state index is 4.15. The fourth-order valence-electron chi connectivity index (χ4n) is 2.57. The summed E-state index contributed by atoms with van der Waals surface area (Å²) in [5.41, 5.74) is 4.82. The highest BCUT2D eigenvalue weighted by Gasteiger charge is 1.93. The van der Waals surface area contributed by atoms with Crippen molar-refractivity contribution in [1.29, 1.82) is 0 Å². The monoisotopic (exact) mass is 344 g/mol. The fourth-order valence-corrected chi connectivity index (χ4v) is 2.57. The standard InChI is InChI=1S/C24H28N2/c1-3-5-7-9-21-11-15-23(16-12-21)19-25-26-20-24-17-13-22(14-18-24)10-8-6-4-2/h3-6,11-20H,7-10H2,1-2H3/b5-3+,6-4+,25-19+,26-20+. The van der Waals surface area contributed by atoms with Gasteiger partial charge in [-0.25, -0.2) is 0 Å². The van der Waals surface area contributed by atoms with Gasteiger partial charge in [-0.3, -0.25) is 0 Å². The van der Waals surface area contributed by atoms with E-state index in [2.05, 4.69) is 96.9 Å². The van der Waals surface area contributed by atoms with Crippen LogP contribution < -0.4 is 0 Å². The first-order valence-corrected chi connectivity index (χ1v) is 9.28. The number of allylic oxidation sites excluding steroid dienone is 4. The molecule has 0 amide bonds. The molecular weight excluding hydrogens is 316 g/mol. The second kappa shape index (κ2) is 11.8. The van der Waals surface area contributed by atoms with Gasteiger partial charge in [0.2, 0.25) is 0 Å². The summed E-state index contributed by atoms with van der Waals surface area (Å²) in [5, 5.41) is 8.30. The van der Waals surface area contributed by atoms with Crippen LogP contribution in [0.25, 0.3) is 0 Å². The van der Waals surface area contributed by atoms with Crippen LogP contribution in [0, 0.1) is 0 Å². The van der Waals surface area contributed by atoms with Gasteiger partial charge in [-0.2, -0.15) is 10.2 Å². The van der Waals surface area contributed by atoms with Gasteiger partial charge in [0.25, 0.3) is 0 Å². The second-order valence-electron chi connectivity index (χ2n) is 6.19. The summed E-state index contributed by atoms with van der Waals surface area (Å²) >= 11 is 0. The largest absolute Gasteiger partial charge is 0.159 e. The number of aryl methyl sites for hydroxylation is 2. The molecule has 0 spiro atoms. The van der Waals surface area contributed by atoms with Crippen LogP contribution in [0.4, 0.5) is 0 Å². The molecule has 2 aromatic rings. The predicted octanol–water partition coefficient (Wildman–Crippen LogP) is 6.16. The van der Waals surface area contributed by atoms with Gasteiger partial charge in [-0.1, -0.05) is 72.8 Å². The quantitative estimate of drug-likeness (QED) is 0.296. The summed E-state index contributed by atoms with van der Waals surface area (Å²) in [6, 6.07) is 17.0. The lowest BCUT2D eigenvalue weighted by atomic mass is 10.1. The van der Waals surface area contributed by atoms with E-state index in [-0.39, 0.29) is 0 Å². The topological polar surface area (TPSA) is 24.7 Å². The van der Waals surface area contributed by atoms with E-state index in [1.54, 1.807) is 12.4 Å². The zero-order chi connectivity index (χ0) is 18.5. The van der Waals surface area contributed by atoms with Crippen LogP contribution in [0.15, 0.2) is 83.0 Å². The van der Waals surface area contributed by atoms with Crippen molar-refractivity contribution in [2.75, 3.05) is 0 Å². The van der Waals surface area contributed by atoms with Crippen LogP contribution in [0.2, 0.25) is 0 Å². The van der Waals surface area contributed by atoms with E-state index in [1.807, 2.05) is 0 Å². The molecule has 2 aromatic carbocycles. The molecule has 0 aliphatic carbocycles. The van der Waals surface area contributed by atoms with Gasteiger partial charge in [0, 0.05) is 0 Å². The van der Waals surface area contributed by atoms with Crippen molar-refractivity contribution in [1.82, 2.24) is 0 Å². The van der Waals surface area contributed by atoms with E-state index in [0.717, 1.165) is 36.8 Å². The summed E-state index contributed by atoms with van der Waals surface area (Å²) < 4.78 is 0. The van der Waals surface area contributed by atoms with Crippen molar-refractivity contribution < 1.29 is 0 Å². The third-order valence-electron chi connectivity index (χ3n) is 4.11. The molecule has 0 aromatic heterocycles. The zero-order valence-electron chi connectivity index (χ0n) is 15.8. The van der Waals surface area contributed by atoms with E-state index in [4.69, 9.17) is 0 Å². The third-order valence-corrected chi connectivity index (χ3v) is 4.11. The van der Waals surface area contributed by atoms with E-state index in [0.29, 0.717) is 0 Å². The van der Waals surface area contributed by atoms with E-state index in [9.17, 15) is 0 Å². The molecule has 26 heavy (non-hydrogen) atoms. The molecule has 0 heterocycles. The van der Waals surface area contributed by atoms with Crippen molar-refractivity contribution in [2.24, 2.45) is 10.2 Å². The van der Waals surface area contributed by atoms with E-state index >= 15 is 0 Å². The number of nitrogens with zero attached hydrogens (tertiary/aromatic N) is 2. The van der Waals surface area contributed by atoms with Gasteiger partial charge in [-0.05, 0) is 61.8 Å². The lowest BCUT2D eigenvalue weighted by Crippen LogP contribution is -1.87. The molecule has 0 saturated heterocycles. The van der Waals surface area contributed by atoms with Crippen LogP contribution in [0.1, 0.15) is 48.9 Å². The normalized spacial score (nSPS) is 12.2. The lowest BCUT2D eigenvalue weighted by molar-refractivity contribution is 0.999. The molecule has 2 rings (SSSR count). The minimum absolute atomic E-state index is 1.07. The van der Waals surface area contributed by atoms with E-state index < -0.39 is 0 Å². The number of hydrogen-bond donors (Lipinski definition) is 0. The van der Waals surface area contributed by atoms with Crippen molar-refractivity contribution in [2.45, 2.75) is 39.5 Å². The van der Waals surface area contributed by atoms with Gasteiger partial charge in [0.15, 0.2) is 0 Å². The molecule has 0 N–H and O–H groups in total. The van der Waals surface area contributed by atoms with Crippen molar-refractivity contribution >= 4 is 12.4 Å². The molecule has 2 nitrogen and oxygen atoms in total. The Labute approximate surface area is 157 Å². The summed E-state index contributed by atoms with van der Waals surface area (Å²) in [5.74, 6) is 0. The molecule has 2 heteroatoms. The first kappa shape index (κ1) is 19.6. The molecule has 0 aliphatic rings. The molecule has 0 atom stereocenters. The second-order valence-corrected chi connectivity index (χ2v) is 6.19. The maximum atomic E-state index is 4.15. The summed E-state index contributed by atoms with van der Waals surface area (Å²) in [7, 11) is 0. The first-order valence-electron chi connectivity index (χ1n) is 9.28. The van der Waals surface area contributed by atoms with Crippen LogP contribution in [0.3, 0.4) is 0 Å². The van der Waals surface area contributed by atoms with Crippen molar-refractivity contribution in [3.63, 3.8) is 0 Å². The molecular formula is C24H28N2. The highest BCUT2D eigenvalue weighted by Crippen LogP contribution is 2.07. The van der Waals surface area contributed by atoms with Gasteiger partial charge >= 0.3 is 0 Å². The highest BCUT2D eigenvalue weighted by atomic mass is 15.2. The molecule has 0 radical (unpaired) electrons. The number of hydrogen-bond acceptors (Lipinski definition) is 2. The average Bonchev–Trinajstić information content (AvgIpc) is 2.68. The SMILES string of the molecule is C/C=C/CCc1ccc(/C=N/N=C/c2ccc(CC/C=C/C)cc2)cc1. The van der Waals surface area contributed by atoms with E-state index in [1.165, 1.54) is 11.1 Å². The molecule has 0 bridgehead atoms. The van der Waals surface area contributed by atoms with Gasteiger partial charge < -0.3 is 0 Å². The molecule has 0 unspecified atom stereocenters. The van der Waals surface area contributed by atoms with Crippen LogP contribution in [-0.4, -0.2) is 12.4 Å². The number of rotatable bonds is 9. The predicted molar refractivity (Wildman–Crippen MR) is 114 cm³/mol. The highest BCUT2D eigenvalue weighted by molar-refractivity contribution is 5.82. The van der Waals surface area contributed by atoms with Crippen LogP contribution >= 0.6 is 0 Å². The third kappa shape index (κ3) is 7.43. The average molecular weight is 345 g/mol.